The predicted molar refractivity (Wildman–Crippen MR) is 92.4 cm³/mol. The van der Waals surface area contributed by atoms with Gasteiger partial charge in [-0.05, 0) is 36.6 Å². The number of halogens is 1. The minimum atomic E-state index is 0.133. The van der Waals surface area contributed by atoms with Gasteiger partial charge in [-0.1, -0.05) is 42.4 Å². The van der Waals surface area contributed by atoms with E-state index < -0.39 is 0 Å². The van der Waals surface area contributed by atoms with Gasteiger partial charge in [-0.3, -0.25) is 4.79 Å². The lowest BCUT2D eigenvalue weighted by atomic mass is 10.0. The Labute approximate surface area is 147 Å². The van der Waals surface area contributed by atoms with E-state index in [2.05, 4.69) is 10.1 Å². The highest BCUT2D eigenvalue weighted by molar-refractivity contribution is 6.30. The maximum absolute atomic E-state index is 12.2. The smallest absolute Gasteiger partial charge is 0.246 e. The molecule has 6 heteroatoms. The monoisotopic (exact) mass is 347 g/mol. The lowest BCUT2D eigenvalue weighted by molar-refractivity contribution is -0.131. The van der Waals surface area contributed by atoms with Gasteiger partial charge >= 0.3 is 0 Å². The largest absolute Gasteiger partial charge is 0.337 e. The van der Waals surface area contributed by atoms with Crippen molar-refractivity contribution in [3.05, 3.63) is 35.2 Å². The fourth-order valence-electron chi connectivity index (χ4n) is 3.14. The van der Waals surface area contributed by atoms with Crippen molar-refractivity contribution >= 4 is 17.5 Å². The van der Waals surface area contributed by atoms with Gasteiger partial charge in [0.05, 0.1) is 6.54 Å². The number of carbonyl (C=O) groups is 1. The number of hydrogen-bond donors (Lipinski definition) is 0. The van der Waals surface area contributed by atoms with Gasteiger partial charge in [0, 0.05) is 24.1 Å². The van der Waals surface area contributed by atoms with Gasteiger partial charge in [0.1, 0.15) is 0 Å². The molecule has 0 unspecified atom stereocenters. The van der Waals surface area contributed by atoms with Crippen LogP contribution in [-0.4, -0.2) is 28.0 Å². The number of nitrogens with zero attached hydrogens (tertiary/aromatic N) is 3. The van der Waals surface area contributed by atoms with Gasteiger partial charge in [0.2, 0.25) is 17.6 Å². The molecule has 1 saturated carbocycles. The van der Waals surface area contributed by atoms with E-state index in [-0.39, 0.29) is 5.91 Å². The average Bonchev–Trinajstić information content (AvgIpc) is 3.25. The molecule has 0 radical (unpaired) electrons. The Morgan fingerprint density at radius 3 is 2.71 bits per heavy atom. The quantitative estimate of drug-likeness (QED) is 0.780. The zero-order chi connectivity index (χ0) is 16.9. The topological polar surface area (TPSA) is 59.2 Å². The summed E-state index contributed by atoms with van der Waals surface area (Å²) >= 11 is 5.88. The molecule has 0 atom stereocenters. The molecule has 0 bridgehead atoms. The minimum absolute atomic E-state index is 0.133. The number of benzene rings is 1. The molecule has 1 amide bonds. The van der Waals surface area contributed by atoms with Gasteiger partial charge in [-0.2, -0.15) is 4.98 Å². The molecule has 2 aromatic rings. The Kier molecular flexibility index (Phi) is 5.51. The van der Waals surface area contributed by atoms with Crippen LogP contribution in [0.25, 0.3) is 11.4 Å². The number of hydrogen-bond acceptors (Lipinski definition) is 4. The van der Waals surface area contributed by atoms with Gasteiger partial charge in [-0.25, -0.2) is 0 Å². The van der Waals surface area contributed by atoms with Crippen LogP contribution in [0.3, 0.4) is 0 Å². The molecule has 1 heterocycles. The standard InChI is InChI=1S/C18H22ClN3O2/c1-22(17(23)11-6-13-4-2-3-5-13)12-16-20-18(21-24-16)14-7-9-15(19)10-8-14/h7-10,13H,2-6,11-12H2,1H3. The van der Waals surface area contributed by atoms with Crippen LogP contribution in [0.5, 0.6) is 0 Å². The molecule has 5 nitrogen and oxygen atoms in total. The van der Waals surface area contributed by atoms with Crippen LogP contribution in [0, 0.1) is 5.92 Å². The Hall–Kier alpha value is -1.88. The Bertz CT molecular complexity index is 678. The van der Waals surface area contributed by atoms with Crippen molar-refractivity contribution in [2.75, 3.05) is 7.05 Å². The summed E-state index contributed by atoms with van der Waals surface area (Å²) in [5, 5.41) is 4.63. The van der Waals surface area contributed by atoms with Crippen molar-refractivity contribution in [2.24, 2.45) is 5.92 Å². The third kappa shape index (κ3) is 4.35. The zero-order valence-corrected chi connectivity index (χ0v) is 14.6. The molecule has 1 aliphatic rings. The van der Waals surface area contributed by atoms with E-state index in [1.807, 2.05) is 12.1 Å². The molecule has 1 aliphatic carbocycles. The Morgan fingerprint density at radius 2 is 2.00 bits per heavy atom. The van der Waals surface area contributed by atoms with Gasteiger partial charge in [0.15, 0.2) is 0 Å². The second kappa shape index (κ2) is 7.79. The van der Waals surface area contributed by atoms with E-state index in [9.17, 15) is 4.79 Å². The fourth-order valence-corrected chi connectivity index (χ4v) is 3.27. The first-order valence-corrected chi connectivity index (χ1v) is 8.82. The van der Waals surface area contributed by atoms with Gasteiger partial charge in [0.25, 0.3) is 0 Å². The summed E-state index contributed by atoms with van der Waals surface area (Å²) in [4.78, 5) is 18.3. The second-order valence-corrected chi connectivity index (χ2v) is 6.89. The van der Waals surface area contributed by atoms with Crippen molar-refractivity contribution < 1.29 is 9.32 Å². The first-order valence-electron chi connectivity index (χ1n) is 8.44. The maximum atomic E-state index is 12.2. The van der Waals surface area contributed by atoms with Crippen molar-refractivity contribution in [3.63, 3.8) is 0 Å². The summed E-state index contributed by atoms with van der Waals surface area (Å²) in [6.45, 7) is 0.337. The van der Waals surface area contributed by atoms with E-state index in [4.69, 9.17) is 16.1 Å². The normalized spacial score (nSPS) is 14.9. The Balaban J connectivity index is 1.53. The van der Waals surface area contributed by atoms with E-state index in [1.165, 1.54) is 25.7 Å². The van der Waals surface area contributed by atoms with Crippen LogP contribution in [0.2, 0.25) is 5.02 Å². The van der Waals surface area contributed by atoms with Crippen LogP contribution in [-0.2, 0) is 11.3 Å². The molecule has 0 N–H and O–H groups in total. The van der Waals surface area contributed by atoms with Crippen molar-refractivity contribution in [2.45, 2.75) is 45.1 Å². The second-order valence-electron chi connectivity index (χ2n) is 6.46. The first-order chi connectivity index (χ1) is 11.6. The van der Waals surface area contributed by atoms with Crippen LogP contribution in [0.4, 0.5) is 0 Å². The van der Waals surface area contributed by atoms with E-state index in [1.54, 1.807) is 24.1 Å². The summed E-state index contributed by atoms with van der Waals surface area (Å²) in [6.07, 6.45) is 6.74. The summed E-state index contributed by atoms with van der Waals surface area (Å²) in [7, 11) is 1.78. The third-order valence-electron chi connectivity index (χ3n) is 4.61. The van der Waals surface area contributed by atoms with Crippen LogP contribution in [0.15, 0.2) is 28.8 Å². The summed E-state index contributed by atoms with van der Waals surface area (Å²) in [5.41, 5.74) is 0.838. The zero-order valence-electron chi connectivity index (χ0n) is 13.9. The highest BCUT2D eigenvalue weighted by Gasteiger charge is 2.19. The Morgan fingerprint density at radius 1 is 1.29 bits per heavy atom. The number of amides is 1. The molecule has 0 spiro atoms. The fraction of sp³-hybridized carbons (Fsp3) is 0.500. The van der Waals surface area contributed by atoms with Gasteiger partial charge < -0.3 is 9.42 Å². The number of rotatable bonds is 6. The van der Waals surface area contributed by atoms with E-state index >= 15 is 0 Å². The average molecular weight is 348 g/mol. The number of carbonyl (C=O) groups excluding carboxylic acids is 1. The molecule has 1 aromatic heterocycles. The predicted octanol–water partition coefficient (Wildman–Crippen LogP) is 4.32. The highest BCUT2D eigenvalue weighted by Crippen LogP contribution is 2.28. The molecule has 24 heavy (non-hydrogen) atoms. The summed E-state index contributed by atoms with van der Waals surface area (Å²) in [5.74, 6) is 1.81. The third-order valence-corrected chi connectivity index (χ3v) is 4.86. The molecule has 1 aromatic carbocycles. The van der Waals surface area contributed by atoms with Crippen LogP contribution in [0.1, 0.15) is 44.4 Å². The SMILES string of the molecule is CN(Cc1nc(-c2ccc(Cl)cc2)no1)C(=O)CCC1CCCC1. The van der Waals surface area contributed by atoms with Crippen molar-refractivity contribution in [1.82, 2.24) is 15.0 Å². The first kappa shape index (κ1) is 17.0. The highest BCUT2D eigenvalue weighted by atomic mass is 35.5. The molecular weight excluding hydrogens is 326 g/mol. The van der Waals surface area contributed by atoms with Crippen molar-refractivity contribution in [3.8, 4) is 11.4 Å². The molecule has 0 aliphatic heterocycles. The van der Waals surface area contributed by atoms with E-state index in [0.717, 1.165) is 17.9 Å². The van der Waals surface area contributed by atoms with Crippen molar-refractivity contribution in [1.29, 1.82) is 0 Å². The summed E-state index contributed by atoms with van der Waals surface area (Å²) < 4.78 is 5.26. The van der Waals surface area contributed by atoms with E-state index in [0.29, 0.717) is 29.7 Å². The molecular formula is C18H22ClN3O2. The van der Waals surface area contributed by atoms with Crippen LogP contribution >= 0.6 is 11.6 Å². The molecule has 0 saturated heterocycles. The van der Waals surface area contributed by atoms with Crippen LogP contribution < -0.4 is 0 Å². The summed E-state index contributed by atoms with van der Waals surface area (Å²) in [6, 6.07) is 7.25. The lowest BCUT2D eigenvalue weighted by Crippen LogP contribution is -2.26. The minimum Gasteiger partial charge on any atom is -0.337 e. The molecule has 1 fully saturated rings. The number of aromatic nitrogens is 2. The lowest BCUT2D eigenvalue weighted by Gasteiger charge is -2.16. The van der Waals surface area contributed by atoms with Gasteiger partial charge in [-0.15, -0.1) is 0 Å². The molecule has 128 valence electrons. The molecule has 3 rings (SSSR count). The maximum Gasteiger partial charge on any atom is 0.246 e.